The van der Waals surface area contributed by atoms with Gasteiger partial charge in [-0.05, 0) is 13.0 Å². The van der Waals surface area contributed by atoms with Crippen molar-refractivity contribution in [2.45, 2.75) is 6.92 Å². The minimum absolute atomic E-state index is 0.0540. The van der Waals surface area contributed by atoms with Crippen LogP contribution >= 0.6 is 0 Å². The maximum absolute atomic E-state index is 13.8. The smallest absolute Gasteiger partial charge is 0.352 e. The summed E-state index contributed by atoms with van der Waals surface area (Å²) < 4.78 is 13.8. The molecule has 98 valence electrons. The fraction of sp³-hybridized carbons (Fsp3) is 0.0769. The van der Waals surface area contributed by atoms with Crippen LogP contribution in [0.3, 0.4) is 0 Å². The predicted octanol–water partition coefficient (Wildman–Crippen LogP) is 2.53. The second-order valence-corrected chi connectivity index (χ2v) is 3.97. The molecular weight excluding hydrogens is 253 g/mol. The average Bonchev–Trinajstić information content (AvgIpc) is 2.67. The highest BCUT2D eigenvalue weighted by atomic mass is 19.1. The number of aryl methyl sites for hydroxylation is 1. The normalized spacial score (nSPS) is 10.4. The first-order valence-electron chi connectivity index (χ1n) is 5.37. The number of nitrogens with one attached hydrogen (secondary N) is 1. The van der Waals surface area contributed by atoms with Gasteiger partial charge in [-0.25, -0.2) is 14.0 Å². The Hall–Kier alpha value is -2.63. The van der Waals surface area contributed by atoms with Gasteiger partial charge in [-0.2, -0.15) is 0 Å². The molecule has 0 spiro atoms. The molecule has 19 heavy (non-hydrogen) atoms. The van der Waals surface area contributed by atoms with E-state index in [1.54, 1.807) is 0 Å². The number of hydrogen-bond donors (Lipinski definition) is 3. The Bertz CT molecular complexity index is 675. The monoisotopic (exact) mass is 263 g/mol. The summed E-state index contributed by atoms with van der Waals surface area (Å²) in [4.78, 5) is 24.8. The lowest BCUT2D eigenvalue weighted by Gasteiger charge is -2.04. The van der Waals surface area contributed by atoms with E-state index in [0.29, 0.717) is 0 Å². The fourth-order valence-corrected chi connectivity index (χ4v) is 1.99. The van der Waals surface area contributed by atoms with Gasteiger partial charge in [0.2, 0.25) is 0 Å². The molecule has 5 nitrogen and oxygen atoms in total. The topological polar surface area (TPSA) is 90.4 Å². The van der Waals surface area contributed by atoms with Crippen molar-refractivity contribution >= 4 is 11.9 Å². The number of H-pyrrole nitrogens is 1. The number of aromatic nitrogens is 1. The Balaban J connectivity index is 2.84. The van der Waals surface area contributed by atoms with Crippen LogP contribution in [0.5, 0.6) is 0 Å². The van der Waals surface area contributed by atoms with Crippen molar-refractivity contribution in [3.05, 3.63) is 47.0 Å². The largest absolute Gasteiger partial charge is 0.478 e. The number of rotatable bonds is 3. The highest BCUT2D eigenvalue weighted by Crippen LogP contribution is 2.32. The van der Waals surface area contributed by atoms with E-state index in [9.17, 15) is 14.0 Å². The first-order valence-corrected chi connectivity index (χ1v) is 5.37. The van der Waals surface area contributed by atoms with Crippen LogP contribution < -0.4 is 0 Å². The molecule has 3 N–H and O–H groups in total. The minimum Gasteiger partial charge on any atom is -0.478 e. The first-order chi connectivity index (χ1) is 8.93. The number of hydrogen-bond acceptors (Lipinski definition) is 2. The Labute approximate surface area is 107 Å². The van der Waals surface area contributed by atoms with Crippen LogP contribution in [0.4, 0.5) is 4.39 Å². The maximum Gasteiger partial charge on any atom is 0.352 e. The fourth-order valence-electron chi connectivity index (χ4n) is 1.99. The summed E-state index contributed by atoms with van der Waals surface area (Å²) in [6, 6.07) is 5.45. The lowest BCUT2D eigenvalue weighted by Crippen LogP contribution is -2.03. The molecule has 1 aromatic carbocycles. The third-order valence-electron chi connectivity index (χ3n) is 2.76. The molecule has 1 aromatic heterocycles. The van der Waals surface area contributed by atoms with E-state index >= 15 is 0 Å². The van der Waals surface area contributed by atoms with Crippen molar-refractivity contribution in [2.24, 2.45) is 0 Å². The average molecular weight is 263 g/mol. The SMILES string of the molecule is Cc1[nH]c(C(=O)O)c(-c2ccccc2F)c1C(=O)O. The number of aromatic amines is 1. The zero-order valence-corrected chi connectivity index (χ0v) is 9.90. The van der Waals surface area contributed by atoms with Gasteiger partial charge in [0.15, 0.2) is 0 Å². The van der Waals surface area contributed by atoms with Gasteiger partial charge >= 0.3 is 11.9 Å². The van der Waals surface area contributed by atoms with Crippen molar-refractivity contribution in [3.8, 4) is 11.1 Å². The molecule has 0 amide bonds. The lowest BCUT2D eigenvalue weighted by atomic mass is 9.99. The van der Waals surface area contributed by atoms with Gasteiger partial charge in [-0.3, -0.25) is 0 Å². The van der Waals surface area contributed by atoms with Crippen LogP contribution in [0.25, 0.3) is 11.1 Å². The van der Waals surface area contributed by atoms with Crippen molar-refractivity contribution in [3.63, 3.8) is 0 Å². The summed E-state index contributed by atoms with van der Waals surface area (Å²) >= 11 is 0. The molecule has 0 radical (unpaired) electrons. The molecule has 0 aliphatic heterocycles. The minimum atomic E-state index is -1.34. The molecule has 0 unspecified atom stereocenters. The van der Waals surface area contributed by atoms with Crippen LogP contribution in [0, 0.1) is 12.7 Å². The van der Waals surface area contributed by atoms with Gasteiger partial charge in [0.05, 0.1) is 5.56 Å². The Morgan fingerprint density at radius 3 is 2.32 bits per heavy atom. The summed E-state index contributed by atoms with van der Waals surface area (Å²) in [5, 5.41) is 18.2. The molecule has 0 fully saturated rings. The highest BCUT2D eigenvalue weighted by Gasteiger charge is 2.26. The molecule has 1 heterocycles. The van der Waals surface area contributed by atoms with Crippen LogP contribution in [0.1, 0.15) is 26.5 Å². The first kappa shape index (κ1) is 12.8. The van der Waals surface area contributed by atoms with E-state index in [1.165, 1.54) is 25.1 Å². The zero-order valence-electron chi connectivity index (χ0n) is 9.90. The van der Waals surface area contributed by atoms with Gasteiger partial charge in [-0.1, -0.05) is 18.2 Å². The second-order valence-electron chi connectivity index (χ2n) is 3.97. The van der Waals surface area contributed by atoms with Crippen molar-refractivity contribution in [1.82, 2.24) is 4.98 Å². The van der Waals surface area contributed by atoms with E-state index in [2.05, 4.69) is 4.98 Å². The summed E-state index contributed by atoms with van der Waals surface area (Å²) in [6.45, 7) is 1.43. The summed E-state index contributed by atoms with van der Waals surface area (Å²) in [5.41, 5.74) is -0.595. The molecule has 0 atom stereocenters. The third-order valence-corrected chi connectivity index (χ3v) is 2.76. The highest BCUT2D eigenvalue weighted by molar-refractivity contribution is 6.05. The molecule has 2 aromatic rings. The number of aromatic carboxylic acids is 2. The summed E-state index contributed by atoms with van der Waals surface area (Å²) in [5.74, 6) is -3.32. The summed E-state index contributed by atoms with van der Waals surface area (Å²) in [7, 11) is 0. The molecule has 2 rings (SSSR count). The van der Waals surface area contributed by atoms with Gasteiger partial charge in [0.25, 0.3) is 0 Å². The molecule has 0 bridgehead atoms. The van der Waals surface area contributed by atoms with E-state index < -0.39 is 17.8 Å². The molecular formula is C13H10FNO4. The summed E-state index contributed by atoms with van der Waals surface area (Å²) in [6.07, 6.45) is 0. The Morgan fingerprint density at radius 1 is 1.16 bits per heavy atom. The number of carboxylic acids is 2. The van der Waals surface area contributed by atoms with Crippen LogP contribution in [-0.4, -0.2) is 27.1 Å². The zero-order chi connectivity index (χ0) is 14.2. The van der Waals surface area contributed by atoms with E-state index in [0.717, 1.165) is 6.07 Å². The van der Waals surface area contributed by atoms with Crippen molar-refractivity contribution in [1.29, 1.82) is 0 Å². The van der Waals surface area contributed by atoms with Crippen LogP contribution in [0.15, 0.2) is 24.3 Å². The van der Waals surface area contributed by atoms with Crippen molar-refractivity contribution < 1.29 is 24.2 Å². The third kappa shape index (κ3) is 2.08. The van der Waals surface area contributed by atoms with E-state index in [1.807, 2.05) is 0 Å². The van der Waals surface area contributed by atoms with Gasteiger partial charge in [-0.15, -0.1) is 0 Å². The number of carboxylic acid groups (broad SMARTS) is 2. The molecule has 0 aliphatic carbocycles. The molecule has 0 aliphatic rings. The van der Waals surface area contributed by atoms with Crippen LogP contribution in [-0.2, 0) is 0 Å². The standard InChI is InChI=1S/C13H10FNO4/c1-6-9(12(16)17)10(11(15-6)13(18)19)7-4-2-3-5-8(7)14/h2-5,15H,1H3,(H,16,17)(H,18,19). The number of benzene rings is 1. The van der Waals surface area contributed by atoms with E-state index in [4.69, 9.17) is 10.2 Å². The molecule has 0 saturated heterocycles. The second kappa shape index (κ2) is 4.56. The van der Waals surface area contributed by atoms with Gasteiger partial charge < -0.3 is 15.2 Å². The Kier molecular flexibility index (Phi) is 3.08. The van der Waals surface area contributed by atoms with Gasteiger partial charge in [0.1, 0.15) is 11.5 Å². The van der Waals surface area contributed by atoms with Crippen molar-refractivity contribution in [2.75, 3.05) is 0 Å². The number of carbonyl (C=O) groups is 2. The van der Waals surface area contributed by atoms with E-state index in [-0.39, 0.29) is 28.1 Å². The predicted molar refractivity (Wildman–Crippen MR) is 64.8 cm³/mol. The number of halogens is 1. The van der Waals surface area contributed by atoms with Crippen LogP contribution in [0.2, 0.25) is 0 Å². The maximum atomic E-state index is 13.8. The molecule has 0 saturated carbocycles. The van der Waals surface area contributed by atoms with Gasteiger partial charge in [0, 0.05) is 16.8 Å². The Morgan fingerprint density at radius 2 is 1.79 bits per heavy atom. The molecule has 6 heteroatoms. The quantitative estimate of drug-likeness (QED) is 0.793. The lowest BCUT2D eigenvalue weighted by molar-refractivity contribution is 0.0687.